The summed E-state index contributed by atoms with van der Waals surface area (Å²) in [6, 6.07) is 1.43. The summed E-state index contributed by atoms with van der Waals surface area (Å²) in [5, 5.41) is 9.55. The summed E-state index contributed by atoms with van der Waals surface area (Å²) in [4.78, 5) is 3.80. The second kappa shape index (κ2) is 5.12. The Labute approximate surface area is 114 Å². The number of aliphatic hydroxyl groups excluding tert-OH is 1. The average molecular weight is 336 g/mol. The summed E-state index contributed by atoms with van der Waals surface area (Å²) in [7, 11) is -3.69. The van der Waals surface area contributed by atoms with Crippen LogP contribution in [-0.2, 0) is 10.0 Å². The van der Waals surface area contributed by atoms with E-state index in [-0.39, 0.29) is 17.3 Å². The lowest BCUT2D eigenvalue weighted by molar-refractivity contribution is 0.108. The summed E-state index contributed by atoms with van der Waals surface area (Å²) < 4.78 is 26.6. The van der Waals surface area contributed by atoms with Crippen LogP contribution >= 0.6 is 15.9 Å². The van der Waals surface area contributed by atoms with Crippen molar-refractivity contribution >= 4 is 31.8 Å². The summed E-state index contributed by atoms with van der Waals surface area (Å²) in [5.74, 6) is -0.0294. The van der Waals surface area contributed by atoms with Crippen LogP contribution in [0.1, 0.15) is 12.8 Å². The number of piperidine rings is 1. The molecule has 0 radical (unpaired) electrons. The molecule has 3 N–H and O–H groups in total. The fourth-order valence-electron chi connectivity index (χ4n) is 1.92. The van der Waals surface area contributed by atoms with Crippen LogP contribution in [0.25, 0.3) is 0 Å². The monoisotopic (exact) mass is 335 g/mol. The van der Waals surface area contributed by atoms with E-state index in [0.717, 1.165) is 0 Å². The number of pyridine rings is 1. The number of aliphatic hydroxyl groups is 1. The Kier molecular flexibility index (Phi) is 3.90. The van der Waals surface area contributed by atoms with Crippen LogP contribution in [0.3, 0.4) is 0 Å². The van der Waals surface area contributed by atoms with E-state index < -0.39 is 16.1 Å². The fraction of sp³-hybridized carbons (Fsp3) is 0.500. The number of nitrogen functional groups attached to an aromatic ring is 1. The number of rotatable bonds is 2. The number of anilines is 1. The van der Waals surface area contributed by atoms with Crippen LogP contribution in [0.4, 0.5) is 5.82 Å². The molecule has 1 unspecified atom stereocenters. The van der Waals surface area contributed by atoms with Gasteiger partial charge >= 0.3 is 0 Å². The van der Waals surface area contributed by atoms with Gasteiger partial charge in [-0.25, -0.2) is 13.4 Å². The van der Waals surface area contributed by atoms with Crippen molar-refractivity contribution < 1.29 is 13.5 Å². The molecule has 2 heterocycles. The molecule has 0 saturated carbocycles. The molecule has 6 nitrogen and oxygen atoms in total. The van der Waals surface area contributed by atoms with Gasteiger partial charge in [0.2, 0.25) is 10.0 Å². The Morgan fingerprint density at radius 1 is 1.56 bits per heavy atom. The third-order valence-corrected chi connectivity index (χ3v) is 5.15. The van der Waals surface area contributed by atoms with Gasteiger partial charge in [-0.05, 0) is 34.8 Å². The number of hydrogen-bond acceptors (Lipinski definition) is 5. The lowest BCUT2D eigenvalue weighted by atomic mass is 10.1. The number of aromatic nitrogens is 1. The van der Waals surface area contributed by atoms with Crippen LogP contribution in [0.5, 0.6) is 0 Å². The van der Waals surface area contributed by atoms with Crippen LogP contribution in [-0.4, -0.2) is 42.0 Å². The maximum Gasteiger partial charge on any atom is 0.246 e. The predicted molar refractivity (Wildman–Crippen MR) is 70.3 cm³/mol. The molecule has 0 spiro atoms. The van der Waals surface area contributed by atoms with E-state index in [1.807, 2.05) is 0 Å². The SMILES string of the molecule is Nc1ncc(Br)cc1S(=O)(=O)N1CCCC(O)C1. The van der Waals surface area contributed by atoms with Crippen molar-refractivity contribution in [2.45, 2.75) is 23.8 Å². The standard InChI is InChI=1S/C10H14BrN3O3S/c11-7-4-9(10(12)13-5-7)18(16,17)14-3-1-2-8(15)6-14/h4-5,8,15H,1-3,6H2,(H2,12,13). The summed E-state index contributed by atoms with van der Waals surface area (Å²) in [5.41, 5.74) is 5.62. The van der Waals surface area contributed by atoms with Gasteiger partial charge in [-0.3, -0.25) is 0 Å². The molecule has 1 aliphatic rings. The number of nitrogens with two attached hydrogens (primary N) is 1. The van der Waals surface area contributed by atoms with Crippen LogP contribution < -0.4 is 5.73 Å². The Hall–Kier alpha value is -0.700. The first-order chi connectivity index (χ1) is 8.41. The second-order valence-corrected chi connectivity index (χ2v) is 7.02. The molecule has 1 aromatic heterocycles. The molecule has 0 aromatic carbocycles. The van der Waals surface area contributed by atoms with Crippen molar-refractivity contribution in [1.29, 1.82) is 0 Å². The third kappa shape index (κ3) is 2.66. The second-order valence-electron chi connectivity index (χ2n) is 4.20. The lowest BCUT2D eigenvalue weighted by Crippen LogP contribution is -2.42. The minimum absolute atomic E-state index is 0.0222. The van der Waals surface area contributed by atoms with Gasteiger partial charge < -0.3 is 10.8 Å². The molecule has 1 aromatic rings. The molecule has 1 atom stereocenters. The van der Waals surface area contributed by atoms with E-state index in [2.05, 4.69) is 20.9 Å². The van der Waals surface area contributed by atoms with Crippen molar-refractivity contribution in [1.82, 2.24) is 9.29 Å². The zero-order valence-electron chi connectivity index (χ0n) is 9.58. The molecule has 100 valence electrons. The van der Waals surface area contributed by atoms with Gasteiger partial charge in [0.1, 0.15) is 10.7 Å². The highest BCUT2D eigenvalue weighted by Gasteiger charge is 2.31. The first-order valence-electron chi connectivity index (χ1n) is 5.50. The third-order valence-electron chi connectivity index (χ3n) is 2.83. The highest BCUT2D eigenvalue weighted by Crippen LogP contribution is 2.26. The number of hydrogen-bond donors (Lipinski definition) is 2. The molecule has 2 rings (SSSR count). The number of nitrogens with zero attached hydrogens (tertiary/aromatic N) is 2. The van der Waals surface area contributed by atoms with Gasteiger partial charge in [0, 0.05) is 23.8 Å². The van der Waals surface area contributed by atoms with Gasteiger partial charge in [0.05, 0.1) is 6.10 Å². The maximum absolute atomic E-state index is 12.4. The molecular weight excluding hydrogens is 322 g/mol. The molecule has 18 heavy (non-hydrogen) atoms. The number of sulfonamides is 1. The van der Waals surface area contributed by atoms with E-state index in [1.165, 1.54) is 16.6 Å². The maximum atomic E-state index is 12.4. The molecule has 0 aliphatic carbocycles. The van der Waals surface area contributed by atoms with Crippen molar-refractivity contribution in [3.05, 3.63) is 16.7 Å². The quantitative estimate of drug-likeness (QED) is 0.823. The molecule has 8 heteroatoms. The van der Waals surface area contributed by atoms with Gasteiger partial charge in [-0.1, -0.05) is 0 Å². The first-order valence-corrected chi connectivity index (χ1v) is 7.74. The number of halogens is 1. The van der Waals surface area contributed by atoms with Gasteiger partial charge in [0.25, 0.3) is 0 Å². The van der Waals surface area contributed by atoms with Gasteiger partial charge in [-0.15, -0.1) is 0 Å². The summed E-state index contributed by atoms with van der Waals surface area (Å²) in [6.07, 6.45) is 2.09. The highest BCUT2D eigenvalue weighted by molar-refractivity contribution is 9.10. The molecule has 0 bridgehead atoms. The Bertz CT molecular complexity index is 549. The molecular formula is C10H14BrN3O3S. The Balaban J connectivity index is 2.38. The van der Waals surface area contributed by atoms with Crippen molar-refractivity contribution in [3.63, 3.8) is 0 Å². The van der Waals surface area contributed by atoms with Crippen molar-refractivity contribution in [2.24, 2.45) is 0 Å². The van der Waals surface area contributed by atoms with Crippen LogP contribution in [0.15, 0.2) is 21.6 Å². The van der Waals surface area contributed by atoms with Crippen LogP contribution in [0.2, 0.25) is 0 Å². The van der Waals surface area contributed by atoms with E-state index in [0.29, 0.717) is 23.9 Å². The Morgan fingerprint density at radius 3 is 2.94 bits per heavy atom. The van der Waals surface area contributed by atoms with E-state index in [9.17, 15) is 13.5 Å². The molecule has 1 saturated heterocycles. The lowest BCUT2D eigenvalue weighted by Gasteiger charge is -2.29. The van der Waals surface area contributed by atoms with E-state index >= 15 is 0 Å². The van der Waals surface area contributed by atoms with E-state index in [1.54, 1.807) is 0 Å². The zero-order chi connectivity index (χ0) is 13.3. The minimum atomic E-state index is -3.69. The summed E-state index contributed by atoms with van der Waals surface area (Å²) in [6.45, 7) is 0.500. The van der Waals surface area contributed by atoms with Crippen molar-refractivity contribution in [3.8, 4) is 0 Å². The van der Waals surface area contributed by atoms with Gasteiger partial charge in [-0.2, -0.15) is 4.31 Å². The minimum Gasteiger partial charge on any atom is -0.392 e. The van der Waals surface area contributed by atoms with Gasteiger partial charge in [0.15, 0.2) is 0 Å². The largest absolute Gasteiger partial charge is 0.392 e. The molecule has 1 fully saturated rings. The Morgan fingerprint density at radius 2 is 2.28 bits per heavy atom. The normalized spacial score (nSPS) is 22.0. The average Bonchev–Trinajstić information content (AvgIpc) is 2.32. The molecule has 1 aliphatic heterocycles. The van der Waals surface area contributed by atoms with Crippen molar-refractivity contribution in [2.75, 3.05) is 18.8 Å². The topological polar surface area (TPSA) is 96.5 Å². The van der Waals surface area contributed by atoms with Crippen LogP contribution in [0, 0.1) is 0 Å². The number of β-amino-alcohol motifs (C(OH)–C–C–N with tert-alkyl or cyclic N) is 1. The highest BCUT2D eigenvalue weighted by atomic mass is 79.9. The first kappa shape index (κ1) is 13.7. The van der Waals surface area contributed by atoms with E-state index in [4.69, 9.17) is 5.73 Å². The predicted octanol–water partition coefficient (Wildman–Crippen LogP) is 0.572. The smallest absolute Gasteiger partial charge is 0.246 e. The molecule has 0 amide bonds. The zero-order valence-corrected chi connectivity index (χ0v) is 12.0. The fourth-order valence-corrected chi connectivity index (χ4v) is 4.01. The summed E-state index contributed by atoms with van der Waals surface area (Å²) >= 11 is 3.17.